The zero-order chi connectivity index (χ0) is 12.7. The molecule has 0 amide bonds. The summed E-state index contributed by atoms with van der Waals surface area (Å²) in [4.78, 5) is 23.9. The van der Waals surface area contributed by atoms with Crippen LogP contribution in [0.2, 0.25) is 0 Å². The minimum absolute atomic E-state index is 0.0233. The summed E-state index contributed by atoms with van der Waals surface area (Å²) in [5.41, 5.74) is 0.654. The summed E-state index contributed by atoms with van der Waals surface area (Å²) in [7, 11) is 0. The van der Waals surface area contributed by atoms with E-state index in [1.807, 2.05) is 18.2 Å². The largest absolute Gasteiger partial charge is 0.481 e. The highest BCUT2D eigenvalue weighted by atomic mass is 16.4. The van der Waals surface area contributed by atoms with Crippen molar-refractivity contribution in [1.82, 2.24) is 0 Å². The predicted molar refractivity (Wildman–Crippen MR) is 66.2 cm³/mol. The van der Waals surface area contributed by atoms with Gasteiger partial charge in [-0.25, -0.2) is 0 Å². The number of ketones is 1. The number of fused-ring (bicyclic) bond motifs is 2. The summed E-state index contributed by atoms with van der Waals surface area (Å²) >= 11 is 0. The Labute approximate surface area is 106 Å². The monoisotopic (exact) mass is 244 g/mol. The molecule has 2 unspecified atom stereocenters. The zero-order valence-corrected chi connectivity index (χ0v) is 10.1. The molecule has 0 heterocycles. The van der Waals surface area contributed by atoms with Crippen LogP contribution in [0.1, 0.15) is 29.6 Å². The highest BCUT2D eigenvalue weighted by Gasteiger charge is 2.53. The Hall–Kier alpha value is -1.64. The number of hydrogen-bond acceptors (Lipinski definition) is 2. The highest BCUT2D eigenvalue weighted by Crippen LogP contribution is 2.53. The third kappa shape index (κ3) is 1.65. The van der Waals surface area contributed by atoms with Crippen molar-refractivity contribution in [2.75, 3.05) is 0 Å². The molecule has 0 aliphatic heterocycles. The second-order valence-corrected chi connectivity index (χ2v) is 5.45. The number of Topliss-reactive ketones (excluding diaryl/α,β-unsaturated/α-hetero) is 1. The fourth-order valence-electron chi connectivity index (χ4n) is 3.82. The van der Waals surface area contributed by atoms with E-state index in [1.165, 1.54) is 0 Å². The molecule has 3 nitrogen and oxygen atoms in total. The zero-order valence-electron chi connectivity index (χ0n) is 10.1. The van der Waals surface area contributed by atoms with Crippen LogP contribution in [0.5, 0.6) is 0 Å². The van der Waals surface area contributed by atoms with E-state index in [-0.39, 0.29) is 23.5 Å². The van der Waals surface area contributed by atoms with E-state index in [9.17, 15) is 14.7 Å². The normalized spacial score (nSPS) is 33.6. The molecule has 4 atom stereocenters. The molecule has 94 valence electrons. The average Bonchev–Trinajstić information content (AvgIpc) is 2.99. The summed E-state index contributed by atoms with van der Waals surface area (Å²) < 4.78 is 0. The molecule has 0 saturated heterocycles. The lowest BCUT2D eigenvalue weighted by Crippen LogP contribution is -2.34. The molecule has 2 aliphatic carbocycles. The van der Waals surface area contributed by atoms with Crippen LogP contribution < -0.4 is 0 Å². The molecule has 2 bridgehead atoms. The van der Waals surface area contributed by atoms with Gasteiger partial charge in [-0.05, 0) is 31.1 Å². The SMILES string of the molecule is O=C(c1ccccc1)[C@@H]1C2CCC(C2)[C@@H]1C(=O)O. The number of hydrogen-bond donors (Lipinski definition) is 1. The van der Waals surface area contributed by atoms with Crippen LogP contribution in [-0.4, -0.2) is 16.9 Å². The fourth-order valence-corrected chi connectivity index (χ4v) is 3.82. The van der Waals surface area contributed by atoms with Crippen LogP contribution in [0.3, 0.4) is 0 Å². The number of benzene rings is 1. The first-order valence-corrected chi connectivity index (χ1v) is 6.50. The van der Waals surface area contributed by atoms with Gasteiger partial charge in [0.05, 0.1) is 5.92 Å². The minimum atomic E-state index is -0.795. The van der Waals surface area contributed by atoms with Gasteiger partial charge in [-0.1, -0.05) is 30.3 Å². The maximum absolute atomic E-state index is 12.5. The molecule has 2 saturated carbocycles. The first-order valence-electron chi connectivity index (χ1n) is 6.50. The Morgan fingerprint density at radius 2 is 1.61 bits per heavy atom. The van der Waals surface area contributed by atoms with Crippen molar-refractivity contribution in [3.63, 3.8) is 0 Å². The van der Waals surface area contributed by atoms with E-state index >= 15 is 0 Å². The van der Waals surface area contributed by atoms with Crippen molar-refractivity contribution >= 4 is 11.8 Å². The average molecular weight is 244 g/mol. The van der Waals surface area contributed by atoms with Crippen LogP contribution in [0.15, 0.2) is 30.3 Å². The Morgan fingerprint density at radius 3 is 2.22 bits per heavy atom. The number of carboxylic acid groups (broad SMARTS) is 1. The Balaban J connectivity index is 1.91. The summed E-state index contributed by atoms with van der Waals surface area (Å²) in [5.74, 6) is -1.04. The molecule has 2 fully saturated rings. The molecular weight excluding hydrogens is 228 g/mol. The molecule has 0 spiro atoms. The highest BCUT2D eigenvalue weighted by molar-refractivity contribution is 6.00. The number of rotatable bonds is 3. The smallest absolute Gasteiger partial charge is 0.307 e. The Bertz CT molecular complexity index is 480. The third-order valence-electron chi connectivity index (χ3n) is 4.56. The number of carbonyl (C=O) groups excluding carboxylic acids is 1. The molecule has 1 aromatic carbocycles. The van der Waals surface area contributed by atoms with E-state index in [2.05, 4.69) is 0 Å². The molecule has 18 heavy (non-hydrogen) atoms. The van der Waals surface area contributed by atoms with Gasteiger partial charge >= 0.3 is 5.97 Å². The van der Waals surface area contributed by atoms with Gasteiger partial charge < -0.3 is 5.11 Å². The van der Waals surface area contributed by atoms with Gasteiger partial charge in [0.2, 0.25) is 0 Å². The fraction of sp³-hybridized carbons (Fsp3) is 0.467. The third-order valence-corrected chi connectivity index (χ3v) is 4.56. The van der Waals surface area contributed by atoms with Crippen molar-refractivity contribution < 1.29 is 14.7 Å². The topological polar surface area (TPSA) is 54.4 Å². The van der Waals surface area contributed by atoms with Crippen LogP contribution in [0, 0.1) is 23.7 Å². The molecule has 1 aromatic rings. The van der Waals surface area contributed by atoms with Crippen molar-refractivity contribution in [2.45, 2.75) is 19.3 Å². The van der Waals surface area contributed by atoms with E-state index in [0.717, 1.165) is 19.3 Å². The van der Waals surface area contributed by atoms with E-state index in [1.54, 1.807) is 12.1 Å². The van der Waals surface area contributed by atoms with E-state index < -0.39 is 11.9 Å². The molecule has 3 rings (SSSR count). The van der Waals surface area contributed by atoms with Gasteiger partial charge in [0.15, 0.2) is 5.78 Å². The molecular formula is C15H16O3. The van der Waals surface area contributed by atoms with Gasteiger partial charge in [0.25, 0.3) is 0 Å². The molecule has 1 N–H and O–H groups in total. The van der Waals surface area contributed by atoms with Crippen molar-refractivity contribution in [1.29, 1.82) is 0 Å². The van der Waals surface area contributed by atoms with Crippen LogP contribution in [-0.2, 0) is 4.79 Å². The minimum Gasteiger partial charge on any atom is -0.481 e. The predicted octanol–water partition coefficient (Wildman–Crippen LogP) is 2.62. The maximum Gasteiger partial charge on any atom is 0.307 e. The number of carbonyl (C=O) groups is 2. The number of aliphatic carboxylic acids is 1. The Morgan fingerprint density at radius 1 is 1.00 bits per heavy atom. The number of carboxylic acids is 1. The van der Waals surface area contributed by atoms with Gasteiger partial charge in [-0.15, -0.1) is 0 Å². The van der Waals surface area contributed by atoms with E-state index in [4.69, 9.17) is 0 Å². The molecule has 2 aliphatic rings. The van der Waals surface area contributed by atoms with Crippen molar-refractivity contribution in [3.05, 3.63) is 35.9 Å². The standard InChI is InChI=1S/C15H16O3/c16-14(9-4-2-1-3-5-9)12-10-6-7-11(8-10)13(12)15(17)18/h1-5,10-13H,6-8H2,(H,17,18)/t10?,11?,12-,13+/m1/s1. The second-order valence-electron chi connectivity index (χ2n) is 5.45. The first kappa shape index (κ1) is 11.5. The molecule has 0 aromatic heterocycles. The first-order chi connectivity index (χ1) is 8.68. The summed E-state index contributed by atoms with van der Waals surface area (Å²) in [5, 5.41) is 9.35. The lowest BCUT2D eigenvalue weighted by Gasteiger charge is -2.26. The lowest BCUT2D eigenvalue weighted by atomic mass is 9.75. The summed E-state index contributed by atoms with van der Waals surface area (Å²) in [6, 6.07) is 9.10. The van der Waals surface area contributed by atoms with Crippen molar-refractivity contribution in [2.24, 2.45) is 23.7 Å². The van der Waals surface area contributed by atoms with Gasteiger partial charge in [-0.3, -0.25) is 9.59 Å². The maximum atomic E-state index is 12.5. The van der Waals surface area contributed by atoms with E-state index in [0.29, 0.717) is 5.56 Å². The van der Waals surface area contributed by atoms with Crippen molar-refractivity contribution in [3.8, 4) is 0 Å². The summed E-state index contributed by atoms with van der Waals surface area (Å²) in [6.45, 7) is 0. The van der Waals surface area contributed by atoms with Gasteiger partial charge in [0, 0.05) is 11.5 Å². The van der Waals surface area contributed by atoms with Crippen LogP contribution >= 0.6 is 0 Å². The van der Waals surface area contributed by atoms with Crippen LogP contribution in [0.25, 0.3) is 0 Å². The summed E-state index contributed by atoms with van der Waals surface area (Å²) in [6.07, 6.45) is 2.90. The lowest BCUT2D eigenvalue weighted by molar-refractivity contribution is -0.144. The molecule has 0 radical (unpaired) electrons. The van der Waals surface area contributed by atoms with Gasteiger partial charge in [0.1, 0.15) is 0 Å². The second kappa shape index (κ2) is 4.23. The van der Waals surface area contributed by atoms with Crippen LogP contribution in [0.4, 0.5) is 0 Å². The quantitative estimate of drug-likeness (QED) is 0.831. The Kier molecular flexibility index (Phi) is 2.69. The molecule has 3 heteroatoms. The van der Waals surface area contributed by atoms with Gasteiger partial charge in [-0.2, -0.15) is 0 Å².